The second-order valence-electron chi connectivity index (χ2n) is 6.49. The van der Waals surface area contributed by atoms with Crippen LogP contribution in [0, 0.1) is 0 Å². The molecule has 0 saturated carbocycles. The maximum Gasteiger partial charge on any atom is 0.315 e. The van der Waals surface area contributed by atoms with Crippen LogP contribution in [0.5, 0.6) is 0 Å². The average Bonchev–Trinajstić information content (AvgIpc) is 3.16. The maximum atomic E-state index is 12.4. The highest BCUT2D eigenvalue weighted by atomic mass is 32.2. The van der Waals surface area contributed by atoms with Gasteiger partial charge < -0.3 is 9.84 Å². The molecule has 0 bridgehead atoms. The van der Waals surface area contributed by atoms with Crippen molar-refractivity contribution < 1.29 is 17.7 Å². The van der Waals surface area contributed by atoms with Crippen LogP contribution in [0.15, 0.2) is 70.1 Å². The van der Waals surface area contributed by atoms with Crippen LogP contribution in [0.1, 0.15) is 35.4 Å². The number of aromatic nitrogens is 2. The molecule has 0 fully saturated rings. The summed E-state index contributed by atoms with van der Waals surface area (Å²) < 4.78 is 29.6. The van der Waals surface area contributed by atoms with Crippen molar-refractivity contribution in [3.8, 4) is 0 Å². The lowest BCUT2D eigenvalue weighted by Crippen LogP contribution is -2.33. The van der Waals surface area contributed by atoms with Gasteiger partial charge in [-0.25, -0.2) is 8.42 Å². The van der Waals surface area contributed by atoms with Crippen LogP contribution < -0.4 is 5.32 Å². The molecule has 0 unspecified atom stereocenters. The van der Waals surface area contributed by atoms with Gasteiger partial charge in [-0.15, -0.1) is 0 Å². The van der Waals surface area contributed by atoms with Gasteiger partial charge in [0.2, 0.25) is 0 Å². The number of nitrogens with zero attached hydrogens (tertiary/aromatic N) is 2. The number of sulfone groups is 1. The summed E-state index contributed by atoms with van der Waals surface area (Å²) in [5.74, 6) is -1.25. The topological polar surface area (TPSA) is 102 Å². The number of hydrogen-bond acceptors (Lipinski definition) is 6. The first-order valence-corrected chi connectivity index (χ1v) is 10.5. The van der Waals surface area contributed by atoms with Gasteiger partial charge in [0, 0.05) is 6.04 Å². The van der Waals surface area contributed by atoms with E-state index in [2.05, 4.69) is 15.5 Å². The number of rotatable bonds is 8. The van der Waals surface area contributed by atoms with Crippen molar-refractivity contribution in [2.24, 2.45) is 0 Å². The van der Waals surface area contributed by atoms with Crippen molar-refractivity contribution in [3.05, 3.63) is 77.9 Å². The van der Waals surface area contributed by atoms with Gasteiger partial charge in [0.25, 0.3) is 0 Å². The van der Waals surface area contributed by atoms with Gasteiger partial charge in [-0.3, -0.25) is 4.79 Å². The number of benzene rings is 2. The standard InChI is InChI=1S/C20H21N3O4S/c1-15(12-13-16-8-4-2-5-9-16)21-19(24)20-22-18(23-27-20)14-28(25,26)17-10-6-3-7-11-17/h2-11,15H,12-14H2,1H3,(H,21,24)/t15-/m1/s1. The molecule has 0 spiro atoms. The fraction of sp³-hybridized carbons (Fsp3) is 0.250. The fourth-order valence-corrected chi connectivity index (χ4v) is 3.87. The first-order valence-electron chi connectivity index (χ1n) is 8.89. The first-order chi connectivity index (χ1) is 13.4. The van der Waals surface area contributed by atoms with E-state index in [1.807, 2.05) is 37.3 Å². The van der Waals surface area contributed by atoms with Crippen molar-refractivity contribution in [1.82, 2.24) is 15.5 Å². The molecule has 0 aliphatic carbocycles. The van der Waals surface area contributed by atoms with Crippen LogP contribution in [-0.2, 0) is 22.0 Å². The molecular weight excluding hydrogens is 378 g/mol. The minimum atomic E-state index is -3.60. The third-order valence-electron chi connectivity index (χ3n) is 4.17. The molecule has 7 nitrogen and oxygen atoms in total. The molecule has 146 valence electrons. The molecule has 0 radical (unpaired) electrons. The Morgan fingerprint density at radius 3 is 2.39 bits per heavy atom. The zero-order chi connectivity index (χ0) is 20.0. The van der Waals surface area contributed by atoms with Gasteiger partial charge in [-0.05, 0) is 37.5 Å². The van der Waals surface area contributed by atoms with Crippen molar-refractivity contribution in [2.75, 3.05) is 0 Å². The largest absolute Gasteiger partial charge is 0.345 e. The summed E-state index contributed by atoms with van der Waals surface area (Å²) in [5.41, 5.74) is 1.19. The van der Waals surface area contributed by atoms with Crippen molar-refractivity contribution >= 4 is 15.7 Å². The number of nitrogens with one attached hydrogen (secondary N) is 1. The summed E-state index contributed by atoms with van der Waals surface area (Å²) in [6, 6.07) is 17.9. The highest BCUT2D eigenvalue weighted by molar-refractivity contribution is 7.90. The van der Waals surface area contributed by atoms with Crippen LogP contribution in [0.3, 0.4) is 0 Å². The van der Waals surface area contributed by atoms with Crippen LogP contribution >= 0.6 is 0 Å². The predicted molar refractivity (Wildman–Crippen MR) is 103 cm³/mol. The molecule has 28 heavy (non-hydrogen) atoms. The Bertz CT molecular complexity index is 1020. The molecule has 2 aromatic carbocycles. The number of amides is 1. The molecule has 1 amide bonds. The SMILES string of the molecule is C[C@H](CCc1ccccc1)NC(=O)c1nc(CS(=O)(=O)c2ccccc2)no1. The minimum Gasteiger partial charge on any atom is -0.345 e. The van der Waals surface area contributed by atoms with Gasteiger partial charge in [0.15, 0.2) is 15.7 Å². The van der Waals surface area contributed by atoms with Crippen molar-refractivity contribution in [3.63, 3.8) is 0 Å². The Labute approximate surface area is 163 Å². The highest BCUT2D eigenvalue weighted by Crippen LogP contribution is 2.14. The molecule has 8 heteroatoms. The number of hydrogen-bond donors (Lipinski definition) is 1. The van der Waals surface area contributed by atoms with E-state index in [1.165, 1.54) is 17.7 Å². The smallest absolute Gasteiger partial charge is 0.315 e. The monoisotopic (exact) mass is 399 g/mol. The normalized spacial score (nSPS) is 12.5. The molecule has 0 aliphatic rings. The van der Waals surface area contributed by atoms with E-state index in [4.69, 9.17) is 4.52 Å². The van der Waals surface area contributed by atoms with Crippen LogP contribution in [0.2, 0.25) is 0 Å². The third kappa shape index (κ3) is 5.26. The summed E-state index contributed by atoms with van der Waals surface area (Å²) in [7, 11) is -3.60. The summed E-state index contributed by atoms with van der Waals surface area (Å²) >= 11 is 0. The van der Waals surface area contributed by atoms with Crippen LogP contribution in [0.25, 0.3) is 0 Å². The minimum absolute atomic E-state index is 0.0501. The molecule has 0 aliphatic heterocycles. The quantitative estimate of drug-likeness (QED) is 0.625. The summed E-state index contributed by atoms with van der Waals surface area (Å²) in [5, 5.41) is 6.41. The molecule has 1 atom stereocenters. The molecule has 1 N–H and O–H groups in total. The Balaban J connectivity index is 1.56. The predicted octanol–water partition coefficient (Wildman–Crippen LogP) is 2.79. The summed E-state index contributed by atoms with van der Waals surface area (Å²) in [6.07, 6.45) is 1.58. The Kier molecular flexibility index (Phi) is 6.20. The lowest BCUT2D eigenvalue weighted by Gasteiger charge is -2.12. The zero-order valence-electron chi connectivity index (χ0n) is 15.4. The second-order valence-corrected chi connectivity index (χ2v) is 8.48. The Morgan fingerprint density at radius 2 is 1.71 bits per heavy atom. The third-order valence-corrected chi connectivity index (χ3v) is 5.80. The first kappa shape index (κ1) is 19.8. The number of carbonyl (C=O) groups excluding carboxylic acids is 1. The van der Waals surface area contributed by atoms with Crippen LogP contribution in [-0.4, -0.2) is 30.5 Å². The lowest BCUT2D eigenvalue weighted by molar-refractivity contribution is 0.0894. The summed E-state index contributed by atoms with van der Waals surface area (Å²) in [6.45, 7) is 1.89. The molecule has 3 aromatic rings. The molecule has 1 aromatic heterocycles. The van der Waals surface area contributed by atoms with E-state index in [9.17, 15) is 13.2 Å². The molecule has 3 rings (SSSR count). The van der Waals surface area contributed by atoms with Gasteiger partial charge in [-0.2, -0.15) is 4.98 Å². The van der Waals surface area contributed by atoms with Gasteiger partial charge in [0.05, 0.1) is 4.90 Å². The van der Waals surface area contributed by atoms with Gasteiger partial charge in [0.1, 0.15) is 5.75 Å². The van der Waals surface area contributed by atoms with Crippen molar-refractivity contribution in [2.45, 2.75) is 36.5 Å². The lowest BCUT2D eigenvalue weighted by atomic mass is 10.1. The molecule has 0 saturated heterocycles. The Hall–Kier alpha value is -3.00. The number of carbonyl (C=O) groups is 1. The van der Waals surface area contributed by atoms with Crippen LogP contribution in [0.4, 0.5) is 0 Å². The van der Waals surface area contributed by atoms with E-state index < -0.39 is 21.5 Å². The fourth-order valence-electron chi connectivity index (χ4n) is 2.67. The van der Waals surface area contributed by atoms with Gasteiger partial charge >= 0.3 is 11.8 Å². The average molecular weight is 399 g/mol. The van der Waals surface area contributed by atoms with E-state index in [0.29, 0.717) is 0 Å². The van der Waals surface area contributed by atoms with Crippen molar-refractivity contribution in [1.29, 1.82) is 0 Å². The van der Waals surface area contributed by atoms with E-state index >= 15 is 0 Å². The Morgan fingerprint density at radius 1 is 1.07 bits per heavy atom. The second kappa shape index (κ2) is 8.79. The maximum absolute atomic E-state index is 12.4. The van der Waals surface area contributed by atoms with Gasteiger partial charge in [-0.1, -0.05) is 53.7 Å². The van der Waals surface area contributed by atoms with E-state index in [0.717, 1.165) is 12.8 Å². The van der Waals surface area contributed by atoms with E-state index in [-0.39, 0.29) is 22.7 Å². The zero-order valence-corrected chi connectivity index (χ0v) is 16.2. The molecule has 1 heterocycles. The van der Waals surface area contributed by atoms with E-state index in [1.54, 1.807) is 18.2 Å². The highest BCUT2D eigenvalue weighted by Gasteiger charge is 2.22. The summed E-state index contributed by atoms with van der Waals surface area (Å²) in [4.78, 5) is 16.3. The molecular formula is C20H21N3O4S. The number of aryl methyl sites for hydroxylation is 1.